The lowest BCUT2D eigenvalue weighted by atomic mass is 10.00. The van der Waals surface area contributed by atoms with Crippen LogP contribution in [0.1, 0.15) is 306 Å². The largest absolute Gasteiger partial charge is 0.472 e. The molecule has 0 aromatic rings. The number of unbranched alkanes of at least 4 members (excludes halogenated alkanes) is 26. The molecule has 3 N–H and O–H groups in total. The maximum absolute atomic E-state index is 13.0. The van der Waals surface area contributed by atoms with Gasteiger partial charge in [-0.15, -0.1) is 0 Å². The lowest BCUT2D eigenvalue weighted by Crippen LogP contribution is -2.30. The molecule has 17 nitrogen and oxygen atoms in total. The highest BCUT2D eigenvalue weighted by Gasteiger charge is 2.30. The standard InChI is InChI=1S/C64H124O17P2/c1-9-57(8)43-35-27-20-23-29-37-45-62(67)75-51-60(81-64(69)47-39-31-22-19-26-34-42-56(6)7)53-79-83(72,73)77-49-58(65)48-76-82(70,71)78-52-59(80-63(68)46-38-30-21-18-25-33-41-55(4)5)50-74-61(66)44-36-28-17-15-13-11-10-12-14-16-24-32-40-54(2)3/h54-60,65H,9-53H2,1-8H3,(H,70,71)(H,72,73)/t57?,58-,59-,60-/m1/s1. The Morgan fingerprint density at radius 1 is 0.337 bits per heavy atom. The molecule has 0 fully saturated rings. The van der Waals surface area contributed by atoms with E-state index in [0.717, 1.165) is 108 Å². The summed E-state index contributed by atoms with van der Waals surface area (Å²) in [5.74, 6) is 0.704. The van der Waals surface area contributed by atoms with Crippen LogP contribution in [0.4, 0.5) is 0 Å². The van der Waals surface area contributed by atoms with Crippen molar-refractivity contribution in [1.82, 2.24) is 0 Å². The first-order chi connectivity index (χ1) is 39.6. The molecule has 0 rings (SSSR count). The molecule has 0 saturated heterocycles. The third-order valence-corrected chi connectivity index (χ3v) is 16.8. The highest BCUT2D eigenvalue weighted by molar-refractivity contribution is 7.47. The average Bonchev–Trinajstić information content (AvgIpc) is 3.44. The van der Waals surface area contributed by atoms with Crippen molar-refractivity contribution in [3.63, 3.8) is 0 Å². The van der Waals surface area contributed by atoms with Crippen LogP contribution in [0.2, 0.25) is 0 Å². The molecule has 0 heterocycles. The number of aliphatic hydroxyl groups is 1. The van der Waals surface area contributed by atoms with Gasteiger partial charge in [0, 0.05) is 25.7 Å². The summed E-state index contributed by atoms with van der Waals surface area (Å²) in [5, 5.41) is 10.5. The molecule has 0 aromatic heterocycles. The summed E-state index contributed by atoms with van der Waals surface area (Å²) in [4.78, 5) is 72.1. The zero-order valence-electron chi connectivity index (χ0n) is 53.8. The normalized spacial score (nSPS) is 14.8. The third-order valence-electron chi connectivity index (χ3n) is 14.9. The number of carbonyl (C=O) groups excluding carboxylic acids is 4. The maximum Gasteiger partial charge on any atom is 0.472 e. The van der Waals surface area contributed by atoms with Crippen LogP contribution in [-0.4, -0.2) is 96.7 Å². The van der Waals surface area contributed by atoms with Crippen molar-refractivity contribution in [3.8, 4) is 0 Å². The molecule has 0 spiro atoms. The minimum atomic E-state index is -4.94. The Labute approximate surface area is 505 Å². The fraction of sp³-hybridized carbons (Fsp3) is 0.938. The maximum atomic E-state index is 13.0. The van der Waals surface area contributed by atoms with Crippen LogP contribution in [0, 0.1) is 23.7 Å². The Balaban J connectivity index is 5.20. The van der Waals surface area contributed by atoms with Crippen LogP contribution in [0.25, 0.3) is 0 Å². The third kappa shape index (κ3) is 57.6. The molecule has 0 amide bonds. The molecule has 0 aliphatic rings. The molecule has 0 aromatic carbocycles. The quantitative estimate of drug-likeness (QED) is 0.0222. The van der Waals surface area contributed by atoms with Crippen LogP contribution in [0.5, 0.6) is 0 Å². The molecule has 83 heavy (non-hydrogen) atoms. The van der Waals surface area contributed by atoms with Crippen molar-refractivity contribution in [1.29, 1.82) is 0 Å². The van der Waals surface area contributed by atoms with Gasteiger partial charge in [-0.3, -0.25) is 37.3 Å². The van der Waals surface area contributed by atoms with E-state index in [9.17, 15) is 43.2 Å². The fourth-order valence-electron chi connectivity index (χ4n) is 9.40. The highest BCUT2D eigenvalue weighted by atomic mass is 31.2. The lowest BCUT2D eigenvalue weighted by molar-refractivity contribution is -0.161. The van der Waals surface area contributed by atoms with Crippen molar-refractivity contribution in [2.24, 2.45) is 23.7 Å². The summed E-state index contributed by atoms with van der Waals surface area (Å²) in [6.45, 7) is 13.9. The van der Waals surface area contributed by atoms with Gasteiger partial charge in [0.2, 0.25) is 0 Å². The van der Waals surface area contributed by atoms with Crippen molar-refractivity contribution in [3.05, 3.63) is 0 Å². The zero-order chi connectivity index (χ0) is 61.8. The van der Waals surface area contributed by atoms with Gasteiger partial charge in [0.1, 0.15) is 19.3 Å². The SMILES string of the molecule is CCC(C)CCCCCCCCC(=O)OC[C@H](COP(=O)(O)OC[C@H](O)COP(=O)(O)OC[C@@H](COC(=O)CCCCCCCCCCCCCCC(C)C)OC(=O)CCCCCCCCC(C)C)OC(=O)CCCCCCCCC(C)C. The molecular weight excluding hydrogens is 1100 g/mol. The van der Waals surface area contributed by atoms with E-state index in [1.54, 1.807) is 0 Å². The smallest absolute Gasteiger partial charge is 0.462 e. The number of esters is 4. The van der Waals surface area contributed by atoms with Gasteiger partial charge in [-0.2, -0.15) is 0 Å². The Morgan fingerprint density at radius 3 is 0.855 bits per heavy atom. The van der Waals surface area contributed by atoms with Crippen molar-refractivity contribution in [2.45, 2.75) is 324 Å². The Hall–Kier alpha value is -1.94. The number of ether oxygens (including phenoxy) is 4. The number of hydrogen-bond acceptors (Lipinski definition) is 15. The minimum Gasteiger partial charge on any atom is -0.462 e. The van der Waals surface area contributed by atoms with Gasteiger partial charge in [0.15, 0.2) is 12.2 Å². The van der Waals surface area contributed by atoms with E-state index >= 15 is 0 Å². The monoisotopic (exact) mass is 1230 g/mol. The van der Waals surface area contributed by atoms with E-state index in [-0.39, 0.29) is 25.7 Å². The van der Waals surface area contributed by atoms with Crippen LogP contribution < -0.4 is 0 Å². The van der Waals surface area contributed by atoms with E-state index in [1.807, 2.05) is 0 Å². The molecule has 0 radical (unpaired) electrons. The summed E-state index contributed by atoms with van der Waals surface area (Å²) in [6.07, 6.45) is 33.9. The van der Waals surface area contributed by atoms with Crippen molar-refractivity contribution >= 4 is 39.5 Å². The van der Waals surface area contributed by atoms with Crippen LogP contribution in [0.15, 0.2) is 0 Å². The Bertz CT molecular complexity index is 1660. The number of carbonyl (C=O) groups is 4. The Morgan fingerprint density at radius 2 is 0.578 bits per heavy atom. The molecule has 3 unspecified atom stereocenters. The number of phosphoric acid groups is 2. The van der Waals surface area contributed by atoms with E-state index in [2.05, 4.69) is 55.4 Å². The molecule has 0 saturated carbocycles. The summed E-state index contributed by atoms with van der Waals surface area (Å²) < 4.78 is 67.9. The van der Waals surface area contributed by atoms with Gasteiger partial charge < -0.3 is 33.8 Å². The first kappa shape index (κ1) is 81.1. The lowest BCUT2D eigenvalue weighted by Gasteiger charge is -2.21. The van der Waals surface area contributed by atoms with Gasteiger partial charge in [-0.1, -0.05) is 254 Å². The molecule has 492 valence electrons. The van der Waals surface area contributed by atoms with Gasteiger partial charge in [0.05, 0.1) is 26.4 Å². The number of phosphoric ester groups is 2. The molecular formula is C64H124O17P2. The second-order valence-electron chi connectivity index (χ2n) is 24.8. The van der Waals surface area contributed by atoms with Crippen LogP contribution >= 0.6 is 15.6 Å². The van der Waals surface area contributed by atoms with Crippen molar-refractivity contribution in [2.75, 3.05) is 39.6 Å². The molecule has 19 heteroatoms. The Kier molecular flexibility index (Phi) is 53.0. The molecule has 0 aliphatic heterocycles. The molecule has 6 atom stereocenters. The molecule has 0 bridgehead atoms. The van der Waals surface area contributed by atoms with E-state index < -0.39 is 97.5 Å². The van der Waals surface area contributed by atoms with Crippen molar-refractivity contribution < 1.29 is 80.2 Å². The fourth-order valence-corrected chi connectivity index (χ4v) is 11.0. The first-order valence-corrected chi connectivity index (χ1v) is 36.2. The van der Waals surface area contributed by atoms with E-state index in [1.165, 1.54) is 103 Å². The summed E-state index contributed by atoms with van der Waals surface area (Å²) in [5.41, 5.74) is 0. The van der Waals surface area contributed by atoms with E-state index in [0.29, 0.717) is 37.5 Å². The predicted octanol–water partition coefficient (Wildman–Crippen LogP) is 17.4. The topological polar surface area (TPSA) is 237 Å². The van der Waals surface area contributed by atoms with Gasteiger partial charge in [-0.05, 0) is 49.4 Å². The summed E-state index contributed by atoms with van der Waals surface area (Å²) >= 11 is 0. The summed E-state index contributed by atoms with van der Waals surface area (Å²) in [7, 11) is -9.89. The van der Waals surface area contributed by atoms with E-state index in [4.69, 9.17) is 37.0 Å². The number of rotatable bonds is 61. The highest BCUT2D eigenvalue weighted by Crippen LogP contribution is 2.45. The zero-order valence-corrected chi connectivity index (χ0v) is 55.6. The first-order valence-electron chi connectivity index (χ1n) is 33.2. The second kappa shape index (κ2) is 54.2. The van der Waals surface area contributed by atoms with Gasteiger partial charge in [0.25, 0.3) is 0 Å². The van der Waals surface area contributed by atoms with Gasteiger partial charge >= 0.3 is 39.5 Å². The summed E-state index contributed by atoms with van der Waals surface area (Å²) in [6, 6.07) is 0. The average molecular weight is 1230 g/mol. The van der Waals surface area contributed by atoms with Crippen LogP contribution in [0.3, 0.4) is 0 Å². The van der Waals surface area contributed by atoms with Gasteiger partial charge in [-0.25, -0.2) is 9.13 Å². The van der Waals surface area contributed by atoms with Crippen LogP contribution in [-0.2, 0) is 65.4 Å². The molecule has 0 aliphatic carbocycles. The second-order valence-corrected chi connectivity index (χ2v) is 27.7. The predicted molar refractivity (Wildman–Crippen MR) is 331 cm³/mol. The number of hydrogen-bond donors (Lipinski definition) is 3. The number of aliphatic hydroxyl groups excluding tert-OH is 1. The minimum absolute atomic E-state index is 0.100.